The van der Waals surface area contributed by atoms with Crippen LogP contribution in [0.1, 0.15) is 33.2 Å². The third kappa shape index (κ3) is 4.72. The van der Waals surface area contributed by atoms with Crippen molar-refractivity contribution in [3.8, 4) is 11.5 Å². The maximum Gasteiger partial charge on any atom is 0.338 e. The molecule has 3 aromatic rings. The van der Waals surface area contributed by atoms with E-state index in [0.717, 1.165) is 5.56 Å². The number of ketones is 1. The van der Waals surface area contributed by atoms with Gasteiger partial charge in [-0.3, -0.25) is 9.10 Å². The molecule has 0 unspecified atom stereocenters. The minimum absolute atomic E-state index is 0.0262. The number of para-hydroxylation sites is 1. The molecule has 0 saturated carbocycles. The molecule has 9 heteroatoms. The van der Waals surface area contributed by atoms with E-state index in [1.54, 1.807) is 24.3 Å². The lowest BCUT2D eigenvalue weighted by Crippen LogP contribution is -2.35. The predicted octanol–water partition coefficient (Wildman–Crippen LogP) is 3.88. The molecule has 1 heterocycles. The van der Waals surface area contributed by atoms with Crippen molar-refractivity contribution in [1.82, 2.24) is 0 Å². The van der Waals surface area contributed by atoms with E-state index in [1.165, 1.54) is 48.9 Å². The maximum atomic E-state index is 13.4. The van der Waals surface area contributed by atoms with Gasteiger partial charge in [-0.2, -0.15) is 0 Å². The summed E-state index contributed by atoms with van der Waals surface area (Å²) in [5.74, 6) is -0.398. The van der Waals surface area contributed by atoms with Gasteiger partial charge in [0.05, 0.1) is 30.4 Å². The summed E-state index contributed by atoms with van der Waals surface area (Å²) in [7, 11) is -0.975. The van der Waals surface area contributed by atoms with Crippen LogP contribution in [-0.2, 0) is 21.2 Å². The van der Waals surface area contributed by atoms with Gasteiger partial charge in [-0.15, -0.1) is 0 Å². The molecule has 35 heavy (non-hydrogen) atoms. The van der Waals surface area contributed by atoms with E-state index < -0.39 is 28.4 Å². The number of fused-ring (bicyclic) bond motifs is 1. The Morgan fingerprint density at radius 3 is 2.40 bits per heavy atom. The Balaban J connectivity index is 1.50. The molecular weight excluding hydrogens is 470 g/mol. The number of benzene rings is 3. The topological polar surface area (TPSA) is 99.2 Å². The van der Waals surface area contributed by atoms with E-state index in [9.17, 15) is 18.0 Å². The van der Waals surface area contributed by atoms with Gasteiger partial charge in [-0.1, -0.05) is 24.3 Å². The highest BCUT2D eigenvalue weighted by molar-refractivity contribution is 7.92. The smallest absolute Gasteiger partial charge is 0.338 e. The monoisotopic (exact) mass is 495 g/mol. The van der Waals surface area contributed by atoms with E-state index in [0.29, 0.717) is 23.6 Å². The van der Waals surface area contributed by atoms with Crippen molar-refractivity contribution >= 4 is 27.5 Å². The Morgan fingerprint density at radius 2 is 1.66 bits per heavy atom. The first-order chi connectivity index (χ1) is 16.8. The number of rotatable bonds is 8. The van der Waals surface area contributed by atoms with Crippen LogP contribution in [0.5, 0.6) is 11.5 Å². The van der Waals surface area contributed by atoms with Crippen molar-refractivity contribution in [3.63, 3.8) is 0 Å². The highest BCUT2D eigenvalue weighted by Crippen LogP contribution is 2.36. The second kappa shape index (κ2) is 9.79. The van der Waals surface area contributed by atoms with Gasteiger partial charge >= 0.3 is 5.97 Å². The molecular formula is C26H25NO7S. The fourth-order valence-electron chi connectivity index (χ4n) is 4.11. The van der Waals surface area contributed by atoms with Crippen molar-refractivity contribution < 1.29 is 32.2 Å². The van der Waals surface area contributed by atoms with Gasteiger partial charge in [0.15, 0.2) is 23.9 Å². The number of hydrogen-bond acceptors (Lipinski definition) is 7. The average Bonchev–Trinajstić information content (AvgIpc) is 3.23. The number of carbonyl (C=O) groups excluding carboxylic acids is 2. The summed E-state index contributed by atoms with van der Waals surface area (Å²) < 4.78 is 43.8. The van der Waals surface area contributed by atoms with Crippen LogP contribution in [0.25, 0.3) is 0 Å². The fraction of sp³-hybridized carbons (Fsp3) is 0.231. The Labute approximate surface area is 204 Å². The van der Waals surface area contributed by atoms with Crippen LogP contribution >= 0.6 is 0 Å². The van der Waals surface area contributed by atoms with Gasteiger partial charge in [0.25, 0.3) is 10.0 Å². The molecule has 0 aliphatic carbocycles. The largest absolute Gasteiger partial charge is 0.493 e. The van der Waals surface area contributed by atoms with Gasteiger partial charge in [-0.25, -0.2) is 13.2 Å². The summed E-state index contributed by atoms with van der Waals surface area (Å²) >= 11 is 0. The zero-order valence-corrected chi connectivity index (χ0v) is 20.4. The van der Waals surface area contributed by atoms with Gasteiger partial charge in [0.1, 0.15) is 0 Å². The Kier molecular flexibility index (Phi) is 6.79. The van der Waals surface area contributed by atoms with Gasteiger partial charge in [-0.05, 0) is 61.4 Å². The number of hydrogen-bond donors (Lipinski definition) is 0. The third-order valence-corrected chi connectivity index (χ3v) is 7.74. The molecule has 3 aromatic carbocycles. The van der Waals surface area contributed by atoms with Gasteiger partial charge in [0.2, 0.25) is 0 Å². The van der Waals surface area contributed by atoms with Crippen molar-refractivity contribution in [3.05, 3.63) is 83.4 Å². The van der Waals surface area contributed by atoms with Crippen LogP contribution in [-0.4, -0.2) is 47.0 Å². The van der Waals surface area contributed by atoms with Crippen LogP contribution in [0.4, 0.5) is 5.69 Å². The number of sulfonamides is 1. The Morgan fingerprint density at radius 1 is 0.914 bits per heavy atom. The quantitative estimate of drug-likeness (QED) is 0.345. The van der Waals surface area contributed by atoms with Gasteiger partial charge < -0.3 is 14.2 Å². The SMILES string of the molecule is COc1ccc(C(=O)COC(=O)c2cccc(S(=O)(=O)N3c4ccccc4C[C@@H]3C)c2)cc1OC. The number of esters is 1. The van der Waals surface area contributed by atoms with Crippen LogP contribution in [0.2, 0.25) is 0 Å². The minimum Gasteiger partial charge on any atom is -0.493 e. The molecule has 0 bridgehead atoms. The molecule has 0 aromatic heterocycles. The maximum absolute atomic E-state index is 13.4. The fourth-order valence-corrected chi connectivity index (χ4v) is 5.85. The summed E-state index contributed by atoms with van der Waals surface area (Å²) in [6.07, 6.45) is 0.607. The second-order valence-electron chi connectivity index (χ2n) is 8.08. The Hall–Kier alpha value is -3.85. The molecule has 8 nitrogen and oxygen atoms in total. The molecule has 0 fully saturated rings. The molecule has 4 rings (SSSR count). The highest BCUT2D eigenvalue weighted by Gasteiger charge is 2.36. The van der Waals surface area contributed by atoms with Crippen molar-refractivity contribution in [2.75, 3.05) is 25.1 Å². The molecule has 0 amide bonds. The number of nitrogens with zero attached hydrogens (tertiary/aromatic N) is 1. The van der Waals surface area contributed by atoms with Crippen molar-refractivity contribution in [2.24, 2.45) is 0 Å². The number of ether oxygens (including phenoxy) is 3. The second-order valence-corrected chi connectivity index (χ2v) is 9.89. The molecule has 0 saturated heterocycles. The highest BCUT2D eigenvalue weighted by atomic mass is 32.2. The summed E-state index contributed by atoms with van der Waals surface area (Å²) in [5, 5.41) is 0. The molecule has 0 N–H and O–H groups in total. The molecule has 1 aliphatic heterocycles. The molecule has 0 radical (unpaired) electrons. The lowest BCUT2D eigenvalue weighted by Gasteiger charge is -2.24. The summed E-state index contributed by atoms with van der Waals surface area (Å²) in [6, 6.07) is 17.4. The van der Waals surface area contributed by atoms with Crippen molar-refractivity contribution in [1.29, 1.82) is 0 Å². The first-order valence-electron chi connectivity index (χ1n) is 10.9. The lowest BCUT2D eigenvalue weighted by atomic mass is 10.1. The molecule has 0 spiro atoms. The normalized spacial score (nSPS) is 14.8. The zero-order chi connectivity index (χ0) is 25.2. The average molecular weight is 496 g/mol. The Bertz CT molecular complexity index is 1380. The number of anilines is 1. The van der Waals surface area contributed by atoms with E-state index in [1.807, 2.05) is 19.1 Å². The van der Waals surface area contributed by atoms with Crippen LogP contribution in [0, 0.1) is 0 Å². The van der Waals surface area contributed by atoms with E-state index in [-0.39, 0.29) is 22.1 Å². The van der Waals surface area contributed by atoms with E-state index >= 15 is 0 Å². The van der Waals surface area contributed by atoms with Gasteiger partial charge in [0, 0.05) is 11.6 Å². The van der Waals surface area contributed by atoms with Crippen molar-refractivity contribution in [2.45, 2.75) is 24.3 Å². The zero-order valence-electron chi connectivity index (χ0n) is 19.6. The first kappa shape index (κ1) is 24.3. The molecule has 1 atom stereocenters. The lowest BCUT2D eigenvalue weighted by molar-refractivity contribution is 0.0474. The number of Topliss-reactive ketones (excluding diaryl/α,β-unsaturated/α-hetero) is 1. The van der Waals surface area contributed by atoms with Crippen LogP contribution < -0.4 is 13.8 Å². The number of methoxy groups -OCH3 is 2. The summed E-state index contributed by atoms with van der Waals surface area (Å²) in [6.45, 7) is 1.33. The summed E-state index contributed by atoms with van der Waals surface area (Å²) in [4.78, 5) is 25.1. The standard InChI is InChI=1S/C26H25NO7S/c1-17-13-18-7-4-5-10-22(18)27(17)35(30,31)21-9-6-8-20(14-21)26(29)34-16-23(28)19-11-12-24(32-2)25(15-19)33-3/h4-12,14-15,17H,13,16H2,1-3H3/t17-/m0/s1. The summed E-state index contributed by atoms with van der Waals surface area (Å²) in [5.41, 5.74) is 1.90. The molecule has 1 aliphatic rings. The first-order valence-corrected chi connectivity index (χ1v) is 12.3. The van der Waals surface area contributed by atoms with Crippen LogP contribution in [0.3, 0.4) is 0 Å². The van der Waals surface area contributed by atoms with E-state index in [4.69, 9.17) is 14.2 Å². The number of carbonyl (C=O) groups is 2. The minimum atomic E-state index is -3.91. The third-order valence-electron chi connectivity index (χ3n) is 5.81. The predicted molar refractivity (Wildman–Crippen MR) is 130 cm³/mol. The van der Waals surface area contributed by atoms with Crippen LogP contribution in [0.15, 0.2) is 71.6 Å². The van der Waals surface area contributed by atoms with E-state index in [2.05, 4.69) is 0 Å². The molecule has 182 valence electrons.